The molecule has 1 unspecified atom stereocenters. The van der Waals surface area contributed by atoms with Crippen LogP contribution in [0.3, 0.4) is 0 Å². The Morgan fingerprint density at radius 2 is 1.91 bits per heavy atom. The first-order valence-electron chi connectivity index (χ1n) is 16.1. The standard InChI is InChI=1S/C34H46N6O3Si/c1-25-8-7-14-38(25)23-30-18-28-20-35-32(19-31(28)39(30)24-42-16-17-44(2,3)4)37-34(41)27-12-10-26(11-13-27)29-21-36-40(22-29)33-9-5-6-15-43-33/h10-13,18-22,25,33H,5-9,14-17,23-24H2,1-4H3,(H,35,37,41)/t25-,33?/m0/s1. The number of nitrogens with zero attached hydrogens (tertiary/aromatic N) is 5. The van der Waals surface area contributed by atoms with Gasteiger partial charge in [0.1, 0.15) is 18.8 Å². The molecule has 234 valence electrons. The van der Waals surface area contributed by atoms with Crippen molar-refractivity contribution < 1.29 is 14.3 Å². The van der Waals surface area contributed by atoms with Crippen molar-refractivity contribution in [2.24, 2.45) is 0 Å². The summed E-state index contributed by atoms with van der Waals surface area (Å²) in [5, 5.41) is 8.60. The van der Waals surface area contributed by atoms with E-state index in [1.165, 1.54) is 18.5 Å². The van der Waals surface area contributed by atoms with Crippen LogP contribution in [0.1, 0.15) is 61.3 Å². The molecule has 10 heteroatoms. The molecular weight excluding hydrogens is 568 g/mol. The zero-order valence-electron chi connectivity index (χ0n) is 26.6. The van der Waals surface area contributed by atoms with Crippen molar-refractivity contribution in [1.29, 1.82) is 0 Å². The second-order valence-corrected chi connectivity index (χ2v) is 19.2. The highest BCUT2D eigenvalue weighted by atomic mass is 28.3. The van der Waals surface area contributed by atoms with Crippen molar-refractivity contribution >= 4 is 30.7 Å². The Morgan fingerprint density at radius 3 is 2.64 bits per heavy atom. The molecule has 1 aromatic carbocycles. The Kier molecular flexibility index (Phi) is 9.32. The highest BCUT2D eigenvalue weighted by molar-refractivity contribution is 6.76. The summed E-state index contributed by atoms with van der Waals surface area (Å²) >= 11 is 0. The number of ether oxygens (including phenoxy) is 2. The largest absolute Gasteiger partial charge is 0.361 e. The van der Waals surface area contributed by atoms with E-state index in [0.29, 0.717) is 24.2 Å². The van der Waals surface area contributed by atoms with Gasteiger partial charge in [-0.15, -0.1) is 0 Å². The Labute approximate surface area is 261 Å². The maximum Gasteiger partial charge on any atom is 0.256 e. The summed E-state index contributed by atoms with van der Waals surface area (Å²) in [4.78, 5) is 20.4. The molecule has 1 N–H and O–H groups in total. The third kappa shape index (κ3) is 7.31. The molecule has 0 bridgehead atoms. The number of fused-ring (bicyclic) bond motifs is 1. The van der Waals surface area contributed by atoms with Gasteiger partial charge in [0.05, 0.1) is 11.7 Å². The Balaban J connectivity index is 1.16. The molecule has 44 heavy (non-hydrogen) atoms. The third-order valence-corrected chi connectivity index (χ3v) is 10.6. The number of nitrogens with one attached hydrogen (secondary N) is 1. The number of likely N-dealkylation sites (tertiary alicyclic amines) is 1. The van der Waals surface area contributed by atoms with Crippen LogP contribution in [0, 0.1) is 0 Å². The number of aromatic nitrogens is 4. The lowest BCUT2D eigenvalue weighted by Crippen LogP contribution is -2.27. The molecular formula is C34H46N6O3Si. The second-order valence-electron chi connectivity index (χ2n) is 13.6. The van der Waals surface area contributed by atoms with Crippen LogP contribution >= 0.6 is 0 Å². The number of hydrogen-bond donors (Lipinski definition) is 1. The third-order valence-electron chi connectivity index (χ3n) is 8.92. The number of benzene rings is 1. The minimum Gasteiger partial charge on any atom is -0.361 e. The molecule has 2 aliphatic heterocycles. The number of carbonyl (C=O) groups is 1. The summed E-state index contributed by atoms with van der Waals surface area (Å²) in [6.45, 7) is 13.5. The minimum atomic E-state index is -1.18. The van der Waals surface area contributed by atoms with Gasteiger partial charge < -0.3 is 19.4 Å². The number of anilines is 1. The topological polar surface area (TPSA) is 86.4 Å². The summed E-state index contributed by atoms with van der Waals surface area (Å²) < 4.78 is 16.2. The van der Waals surface area contributed by atoms with Gasteiger partial charge in [0.25, 0.3) is 5.91 Å². The smallest absolute Gasteiger partial charge is 0.256 e. The van der Waals surface area contributed by atoms with Crippen molar-refractivity contribution in [1.82, 2.24) is 24.2 Å². The molecule has 0 saturated carbocycles. The highest BCUT2D eigenvalue weighted by Crippen LogP contribution is 2.28. The molecule has 2 fully saturated rings. The van der Waals surface area contributed by atoms with Crippen LogP contribution in [0.2, 0.25) is 25.7 Å². The lowest BCUT2D eigenvalue weighted by molar-refractivity contribution is -0.0394. The van der Waals surface area contributed by atoms with E-state index in [2.05, 4.69) is 57.5 Å². The molecule has 0 spiro atoms. The summed E-state index contributed by atoms with van der Waals surface area (Å²) in [6, 6.07) is 13.5. The Hall–Kier alpha value is -3.31. The van der Waals surface area contributed by atoms with Crippen LogP contribution in [0.5, 0.6) is 0 Å². The Bertz CT molecular complexity index is 1570. The molecule has 5 heterocycles. The molecule has 1 amide bonds. The minimum absolute atomic E-state index is 0.00469. The van der Waals surface area contributed by atoms with Gasteiger partial charge in [-0.1, -0.05) is 31.8 Å². The van der Waals surface area contributed by atoms with Crippen molar-refractivity contribution in [2.75, 3.05) is 25.1 Å². The fourth-order valence-corrected chi connectivity index (χ4v) is 6.87. The SMILES string of the molecule is C[C@H]1CCCN1Cc1cc2cnc(NC(=O)c3ccc(-c4cnn(C5CCCCO5)c4)cc3)cc2n1COCC[Si](C)(C)C. The van der Waals surface area contributed by atoms with Crippen LogP contribution in [0.4, 0.5) is 5.82 Å². The van der Waals surface area contributed by atoms with Gasteiger partial charge in [-0.2, -0.15) is 5.10 Å². The zero-order valence-corrected chi connectivity index (χ0v) is 27.6. The van der Waals surface area contributed by atoms with Crippen molar-refractivity contribution in [3.05, 3.63) is 66.2 Å². The maximum absolute atomic E-state index is 13.3. The highest BCUT2D eigenvalue weighted by Gasteiger charge is 2.23. The van der Waals surface area contributed by atoms with Gasteiger partial charge in [-0.3, -0.25) is 9.69 Å². The fourth-order valence-electron chi connectivity index (χ4n) is 6.11. The summed E-state index contributed by atoms with van der Waals surface area (Å²) in [5.41, 5.74) is 4.84. The van der Waals surface area contributed by atoms with Gasteiger partial charge in [0.2, 0.25) is 0 Å². The van der Waals surface area contributed by atoms with Crippen molar-refractivity contribution in [3.63, 3.8) is 0 Å². The van der Waals surface area contributed by atoms with E-state index in [-0.39, 0.29) is 12.1 Å². The molecule has 2 atom stereocenters. The first-order chi connectivity index (χ1) is 21.2. The summed E-state index contributed by atoms with van der Waals surface area (Å²) in [5.74, 6) is 0.341. The Morgan fingerprint density at radius 1 is 1.07 bits per heavy atom. The average Bonchev–Trinajstić information content (AvgIpc) is 3.75. The average molecular weight is 615 g/mol. The normalized spacial score (nSPS) is 19.5. The van der Waals surface area contributed by atoms with Crippen LogP contribution < -0.4 is 5.32 Å². The maximum atomic E-state index is 13.3. The van der Waals surface area contributed by atoms with E-state index in [9.17, 15) is 4.79 Å². The molecule has 3 aromatic heterocycles. The van der Waals surface area contributed by atoms with E-state index in [1.54, 1.807) is 0 Å². The van der Waals surface area contributed by atoms with Gasteiger partial charge in [-0.05, 0) is 75.4 Å². The second kappa shape index (κ2) is 13.4. The molecule has 9 nitrogen and oxygen atoms in total. The summed E-state index contributed by atoms with van der Waals surface area (Å²) in [7, 11) is -1.18. The quantitative estimate of drug-likeness (QED) is 0.143. The van der Waals surface area contributed by atoms with Crippen LogP contribution in [-0.4, -0.2) is 64.0 Å². The van der Waals surface area contributed by atoms with Gasteiger partial charge >= 0.3 is 0 Å². The lowest BCUT2D eigenvalue weighted by atomic mass is 10.1. The van der Waals surface area contributed by atoms with E-state index < -0.39 is 8.07 Å². The number of pyridine rings is 1. The first-order valence-corrected chi connectivity index (χ1v) is 19.8. The number of carbonyl (C=O) groups excluding carboxylic acids is 1. The van der Waals surface area contributed by atoms with Crippen molar-refractivity contribution in [3.8, 4) is 11.1 Å². The monoisotopic (exact) mass is 614 g/mol. The fraction of sp³-hybridized carbons (Fsp3) is 0.500. The van der Waals surface area contributed by atoms with Gasteiger partial charge in [0.15, 0.2) is 0 Å². The predicted molar refractivity (Wildman–Crippen MR) is 177 cm³/mol. The number of amides is 1. The van der Waals surface area contributed by atoms with Crippen LogP contribution in [0.25, 0.3) is 22.0 Å². The molecule has 2 aliphatic rings. The predicted octanol–water partition coefficient (Wildman–Crippen LogP) is 7.15. The van der Waals surface area contributed by atoms with E-state index in [0.717, 1.165) is 73.6 Å². The zero-order chi connectivity index (χ0) is 30.7. The summed E-state index contributed by atoms with van der Waals surface area (Å²) in [6.07, 6.45) is 11.5. The molecule has 4 aromatic rings. The molecule has 0 aliphatic carbocycles. The van der Waals surface area contributed by atoms with Crippen LogP contribution in [0.15, 0.2) is 55.0 Å². The molecule has 0 radical (unpaired) electrons. The lowest BCUT2D eigenvalue weighted by Gasteiger charge is -2.22. The molecule has 6 rings (SSSR count). The van der Waals surface area contributed by atoms with Crippen LogP contribution in [-0.2, 0) is 22.7 Å². The molecule has 2 saturated heterocycles. The van der Waals surface area contributed by atoms with E-state index >= 15 is 0 Å². The number of hydrogen-bond acceptors (Lipinski definition) is 6. The first kappa shape index (κ1) is 30.7. The number of rotatable bonds is 11. The van der Waals surface area contributed by atoms with Gasteiger partial charge in [0, 0.05) is 74.5 Å². The van der Waals surface area contributed by atoms with Gasteiger partial charge in [-0.25, -0.2) is 9.67 Å². The van der Waals surface area contributed by atoms with Crippen molar-refractivity contribution in [2.45, 2.75) is 90.3 Å². The van der Waals surface area contributed by atoms with E-state index in [1.807, 2.05) is 53.6 Å². The van der Waals surface area contributed by atoms with E-state index in [4.69, 9.17) is 9.47 Å².